The first-order chi connectivity index (χ1) is 7.72. The summed E-state index contributed by atoms with van der Waals surface area (Å²) in [6.45, 7) is 3.29. The van der Waals surface area contributed by atoms with Crippen molar-refractivity contribution in [1.82, 2.24) is 0 Å². The van der Waals surface area contributed by atoms with Gasteiger partial charge in [0.25, 0.3) is 0 Å². The summed E-state index contributed by atoms with van der Waals surface area (Å²) in [5.74, 6) is 0.223. The van der Waals surface area contributed by atoms with Gasteiger partial charge in [-0.2, -0.15) is 0 Å². The molecular formula is C11H13IO4. The Morgan fingerprint density at radius 3 is 3.06 bits per heavy atom. The van der Waals surface area contributed by atoms with Crippen molar-refractivity contribution in [2.24, 2.45) is 0 Å². The van der Waals surface area contributed by atoms with E-state index in [2.05, 4.69) is 15.3 Å². The van der Waals surface area contributed by atoms with Gasteiger partial charge in [-0.3, -0.25) is 0 Å². The summed E-state index contributed by atoms with van der Waals surface area (Å²) in [7, 11) is 0. The van der Waals surface area contributed by atoms with Crippen LogP contribution in [0.15, 0.2) is 34.6 Å². The highest BCUT2D eigenvalue weighted by atomic mass is 127. The number of esters is 1. The molecule has 0 fully saturated rings. The van der Waals surface area contributed by atoms with E-state index in [1.54, 1.807) is 0 Å². The molecule has 0 spiro atoms. The fourth-order valence-corrected chi connectivity index (χ4v) is 2.26. The molecule has 88 valence electrons. The Morgan fingerprint density at radius 1 is 1.62 bits per heavy atom. The van der Waals surface area contributed by atoms with Crippen LogP contribution in [0.1, 0.15) is 0 Å². The Morgan fingerprint density at radius 2 is 2.44 bits per heavy atom. The number of aliphatic hydroxyl groups is 1. The van der Waals surface area contributed by atoms with Gasteiger partial charge in [-0.1, -0.05) is 33.4 Å². The van der Waals surface area contributed by atoms with Crippen LogP contribution in [-0.4, -0.2) is 34.4 Å². The lowest BCUT2D eigenvalue weighted by atomic mass is 10.4. The lowest BCUT2D eigenvalue weighted by Gasteiger charge is -2.12. The molecule has 0 saturated heterocycles. The highest BCUT2D eigenvalue weighted by molar-refractivity contribution is 14.2. The predicted molar refractivity (Wildman–Crippen MR) is 70.4 cm³/mol. The maximum Gasteiger partial charge on any atom is 0.330 e. The normalized spacial score (nSPS) is 15.7. The molecule has 0 amide bonds. The molecule has 1 aliphatic heterocycles. The molecule has 4 nitrogen and oxygen atoms in total. The molecule has 1 rings (SSSR count). The fraction of sp³-hybridized carbons (Fsp3) is 0.273. The van der Waals surface area contributed by atoms with E-state index < -0.39 is 12.1 Å². The van der Waals surface area contributed by atoms with Gasteiger partial charge in [0.2, 0.25) is 0 Å². The Kier molecular flexibility index (Phi) is 6.02. The van der Waals surface area contributed by atoms with Crippen molar-refractivity contribution in [3.8, 4) is 0 Å². The zero-order valence-corrected chi connectivity index (χ0v) is 10.8. The number of carbonyl (C=O) groups is 1. The summed E-state index contributed by atoms with van der Waals surface area (Å²) >= 11 is -0.0585. The van der Waals surface area contributed by atoms with Crippen molar-refractivity contribution in [3.63, 3.8) is 0 Å². The zero-order valence-electron chi connectivity index (χ0n) is 8.64. The Labute approximate surface area is 104 Å². The van der Waals surface area contributed by atoms with Crippen molar-refractivity contribution in [3.05, 3.63) is 34.6 Å². The zero-order chi connectivity index (χ0) is 11.8. The van der Waals surface area contributed by atoms with Crippen LogP contribution in [-0.2, 0) is 14.3 Å². The van der Waals surface area contributed by atoms with Gasteiger partial charge < -0.3 is 14.6 Å². The summed E-state index contributed by atoms with van der Waals surface area (Å²) < 4.78 is 14.1. The third-order valence-corrected chi connectivity index (χ3v) is 3.41. The standard InChI is InChI=1S/C11H13IO4/c1-2-11(14)16-8-9(13)7-15-10-4-3-5-12-6-10/h2-6,9,13H,1,7-8H2. The lowest BCUT2D eigenvalue weighted by molar-refractivity contribution is -0.141. The van der Waals surface area contributed by atoms with Gasteiger partial charge in [0, 0.05) is 10.2 Å². The Hall–Kier alpha value is -0.950. The number of hydrogen-bond acceptors (Lipinski definition) is 4. The largest absolute Gasteiger partial charge is 0.490 e. The van der Waals surface area contributed by atoms with Gasteiger partial charge in [0.1, 0.15) is 25.1 Å². The van der Waals surface area contributed by atoms with E-state index in [9.17, 15) is 9.90 Å². The molecule has 0 aromatic carbocycles. The monoisotopic (exact) mass is 336 g/mol. The molecule has 0 aliphatic carbocycles. The van der Waals surface area contributed by atoms with Gasteiger partial charge in [0.15, 0.2) is 0 Å². The highest BCUT2D eigenvalue weighted by Gasteiger charge is 2.08. The van der Waals surface area contributed by atoms with E-state index in [-0.39, 0.29) is 33.9 Å². The summed E-state index contributed by atoms with van der Waals surface area (Å²) in [4.78, 5) is 10.7. The van der Waals surface area contributed by atoms with Crippen LogP contribution in [0.5, 0.6) is 0 Å². The molecule has 1 aliphatic rings. The first kappa shape index (κ1) is 13.1. The maximum absolute atomic E-state index is 10.7. The van der Waals surface area contributed by atoms with Crippen LogP contribution in [0, 0.1) is 0 Å². The molecule has 5 heteroatoms. The van der Waals surface area contributed by atoms with Gasteiger partial charge in [-0.25, -0.2) is 4.79 Å². The van der Waals surface area contributed by atoms with Crippen LogP contribution < -0.4 is 0 Å². The molecule has 1 N–H and O–H groups in total. The first-order valence-electron chi connectivity index (χ1n) is 4.64. The van der Waals surface area contributed by atoms with Crippen LogP contribution in [0.25, 0.3) is 0 Å². The van der Waals surface area contributed by atoms with Crippen molar-refractivity contribution in [2.45, 2.75) is 6.10 Å². The number of carbonyl (C=O) groups excluding carboxylic acids is 1. The molecule has 1 unspecified atom stereocenters. The van der Waals surface area contributed by atoms with Gasteiger partial charge in [0.05, 0.1) is 0 Å². The molecule has 0 aromatic rings. The summed E-state index contributed by atoms with van der Waals surface area (Å²) in [6, 6.07) is 0. The maximum atomic E-state index is 10.7. The molecule has 1 heterocycles. The molecule has 1 atom stereocenters. The number of allylic oxidation sites excluding steroid dienone is 2. The average Bonchev–Trinajstić information content (AvgIpc) is 2.34. The summed E-state index contributed by atoms with van der Waals surface area (Å²) in [5.41, 5.74) is 0. The molecule has 0 radical (unpaired) electrons. The number of aliphatic hydroxyl groups excluding tert-OH is 1. The first-order valence-corrected chi connectivity index (χ1v) is 7.13. The molecule has 0 saturated carbocycles. The van der Waals surface area contributed by atoms with E-state index in [1.165, 1.54) is 0 Å². The average molecular weight is 336 g/mol. The second kappa shape index (κ2) is 7.34. The summed E-state index contributed by atoms with van der Waals surface area (Å²) in [5, 5.41) is 9.44. The number of ether oxygens (including phenoxy) is 2. The molecule has 0 aromatic heterocycles. The minimum atomic E-state index is -0.817. The lowest BCUT2D eigenvalue weighted by Crippen LogP contribution is -2.22. The molecule has 16 heavy (non-hydrogen) atoms. The van der Waals surface area contributed by atoms with Gasteiger partial charge in [-0.15, -0.1) is 0 Å². The van der Waals surface area contributed by atoms with E-state index in [4.69, 9.17) is 4.74 Å². The SMILES string of the molecule is C=CC(=O)OCC(O)COC1=CI=CC=C1. The fourth-order valence-electron chi connectivity index (χ4n) is 0.865. The van der Waals surface area contributed by atoms with Crippen molar-refractivity contribution in [2.75, 3.05) is 13.2 Å². The Balaban J connectivity index is 2.19. The number of rotatable bonds is 6. The van der Waals surface area contributed by atoms with Crippen LogP contribution in [0.3, 0.4) is 0 Å². The molecule has 0 bridgehead atoms. The van der Waals surface area contributed by atoms with E-state index in [1.807, 2.05) is 16.2 Å². The predicted octanol–water partition coefficient (Wildman–Crippen LogP) is 1.28. The van der Waals surface area contributed by atoms with E-state index >= 15 is 0 Å². The number of hydrogen-bond donors (Lipinski definition) is 1. The third-order valence-electron chi connectivity index (χ3n) is 1.60. The van der Waals surface area contributed by atoms with Gasteiger partial charge >= 0.3 is 5.97 Å². The van der Waals surface area contributed by atoms with Crippen LogP contribution in [0.4, 0.5) is 0 Å². The molecular weight excluding hydrogens is 323 g/mol. The van der Waals surface area contributed by atoms with Crippen molar-refractivity contribution < 1.29 is 19.4 Å². The minimum absolute atomic E-state index is 0.0585. The minimum Gasteiger partial charge on any atom is -0.490 e. The third kappa shape index (κ3) is 5.22. The Bertz CT molecular complexity index is 344. The van der Waals surface area contributed by atoms with Gasteiger partial charge in [-0.05, 0) is 10.1 Å². The van der Waals surface area contributed by atoms with E-state index in [0.29, 0.717) is 0 Å². The quantitative estimate of drug-likeness (QED) is 0.451. The number of halogens is 1. The van der Waals surface area contributed by atoms with Crippen LogP contribution >= 0.6 is 20.7 Å². The smallest absolute Gasteiger partial charge is 0.330 e. The van der Waals surface area contributed by atoms with Crippen molar-refractivity contribution >= 4 is 30.7 Å². The van der Waals surface area contributed by atoms with Crippen LogP contribution in [0.2, 0.25) is 0 Å². The second-order valence-electron chi connectivity index (χ2n) is 2.92. The second-order valence-corrected chi connectivity index (χ2v) is 4.98. The highest BCUT2D eigenvalue weighted by Crippen LogP contribution is 2.12. The van der Waals surface area contributed by atoms with Crippen molar-refractivity contribution in [1.29, 1.82) is 0 Å². The summed E-state index contributed by atoms with van der Waals surface area (Å²) in [6.07, 6.45) is 4.01. The topological polar surface area (TPSA) is 55.8 Å². The van der Waals surface area contributed by atoms with E-state index in [0.717, 1.165) is 11.8 Å².